The van der Waals surface area contributed by atoms with E-state index in [0.29, 0.717) is 12.0 Å². The van der Waals surface area contributed by atoms with Gasteiger partial charge in [0.1, 0.15) is 11.6 Å². The van der Waals surface area contributed by atoms with Crippen molar-refractivity contribution in [1.29, 1.82) is 0 Å². The molecule has 0 saturated carbocycles. The summed E-state index contributed by atoms with van der Waals surface area (Å²) in [6.45, 7) is 3.83. The molecule has 0 spiro atoms. The van der Waals surface area contributed by atoms with Crippen molar-refractivity contribution in [2.75, 3.05) is 0 Å². The van der Waals surface area contributed by atoms with Gasteiger partial charge in [-0.3, -0.25) is 0 Å². The Labute approximate surface area is 82.9 Å². The number of rotatable bonds is 3. The van der Waals surface area contributed by atoms with Gasteiger partial charge in [-0.25, -0.2) is 8.78 Å². The van der Waals surface area contributed by atoms with Crippen LogP contribution in [0.1, 0.15) is 19.4 Å². The number of hydrogen-bond donors (Lipinski definition) is 1. The fraction of sp³-hybridized carbons (Fsp3) is 0.455. The molecular weight excluding hydrogens is 184 g/mol. The Hall–Kier alpha value is -0.960. The highest BCUT2D eigenvalue weighted by molar-refractivity contribution is 5.19. The highest BCUT2D eigenvalue weighted by atomic mass is 19.1. The Kier molecular flexibility index (Phi) is 3.58. The van der Waals surface area contributed by atoms with Crippen molar-refractivity contribution < 1.29 is 8.78 Å². The standard InChI is InChI=1S/C11H15F2N/c1-7(8(2)14)5-9-3-4-10(12)6-11(9)13/h3-4,6-8H,5,14H2,1-2H3. The highest BCUT2D eigenvalue weighted by Gasteiger charge is 2.11. The third-order valence-corrected chi connectivity index (χ3v) is 2.45. The second-order valence-corrected chi connectivity index (χ2v) is 3.78. The number of benzene rings is 1. The number of nitrogens with two attached hydrogens (primary N) is 1. The predicted octanol–water partition coefficient (Wildman–Crippen LogP) is 2.49. The van der Waals surface area contributed by atoms with E-state index in [0.717, 1.165) is 6.07 Å². The fourth-order valence-corrected chi connectivity index (χ4v) is 1.22. The summed E-state index contributed by atoms with van der Waals surface area (Å²) in [5, 5.41) is 0. The summed E-state index contributed by atoms with van der Waals surface area (Å²) >= 11 is 0. The van der Waals surface area contributed by atoms with Gasteiger partial charge in [-0.1, -0.05) is 13.0 Å². The van der Waals surface area contributed by atoms with Gasteiger partial charge in [-0.05, 0) is 30.9 Å². The van der Waals surface area contributed by atoms with E-state index in [4.69, 9.17) is 5.73 Å². The molecular formula is C11H15F2N. The quantitative estimate of drug-likeness (QED) is 0.795. The molecule has 1 rings (SSSR count). The van der Waals surface area contributed by atoms with Crippen LogP contribution in [0.25, 0.3) is 0 Å². The highest BCUT2D eigenvalue weighted by Crippen LogP contribution is 2.15. The zero-order chi connectivity index (χ0) is 10.7. The van der Waals surface area contributed by atoms with E-state index in [2.05, 4.69) is 0 Å². The van der Waals surface area contributed by atoms with Crippen molar-refractivity contribution in [1.82, 2.24) is 0 Å². The van der Waals surface area contributed by atoms with E-state index in [1.165, 1.54) is 12.1 Å². The third-order valence-electron chi connectivity index (χ3n) is 2.45. The number of halogens is 2. The van der Waals surface area contributed by atoms with Crippen molar-refractivity contribution >= 4 is 0 Å². The summed E-state index contributed by atoms with van der Waals surface area (Å²) in [6.07, 6.45) is 0.545. The first kappa shape index (κ1) is 11.1. The minimum Gasteiger partial charge on any atom is -0.328 e. The summed E-state index contributed by atoms with van der Waals surface area (Å²) < 4.78 is 25.8. The van der Waals surface area contributed by atoms with Gasteiger partial charge >= 0.3 is 0 Å². The maximum absolute atomic E-state index is 13.2. The maximum atomic E-state index is 13.2. The molecule has 1 aromatic rings. The summed E-state index contributed by atoms with van der Waals surface area (Å²) in [7, 11) is 0. The summed E-state index contributed by atoms with van der Waals surface area (Å²) in [4.78, 5) is 0. The lowest BCUT2D eigenvalue weighted by molar-refractivity contribution is 0.467. The molecule has 2 N–H and O–H groups in total. The molecule has 0 saturated heterocycles. The Balaban J connectivity index is 2.77. The van der Waals surface area contributed by atoms with E-state index in [-0.39, 0.29) is 12.0 Å². The lowest BCUT2D eigenvalue weighted by Crippen LogP contribution is -2.26. The zero-order valence-electron chi connectivity index (χ0n) is 8.43. The monoisotopic (exact) mass is 199 g/mol. The van der Waals surface area contributed by atoms with E-state index in [1.54, 1.807) is 0 Å². The van der Waals surface area contributed by atoms with Gasteiger partial charge in [-0.15, -0.1) is 0 Å². The summed E-state index contributed by atoms with van der Waals surface area (Å²) in [6, 6.07) is 3.67. The van der Waals surface area contributed by atoms with Gasteiger partial charge in [0.25, 0.3) is 0 Å². The van der Waals surface area contributed by atoms with E-state index in [9.17, 15) is 8.78 Å². The van der Waals surface area contributed by atoms with Crippen LogP contribution in [-0.2, 0) is 6.42 Å². The molecule has 0 heterocycles. The van der Waals surface area contributed by atoms with Gasteiger partial charge in [0.05, 0.1) is 0 Å². The Morgan fingerprint density at radius 1 is 1.29 bits per heavy atom. The third kappa shape index (κ3) is 2.77. The van der Waals surface area contributed by atoms with E-state index >= 15 is 0 Å². The fourth-order valence-electron chi connectivity index (χ4n) is 1.22. The Bertz CT molecular complexity index is 310. The lowest BCUT2D eigenvalue weighted by atomic mass is 9.95. The molecule has 1 aromatic carbocycles. The molecule has 2 atom stereocenters. The minimum atomic E-state index is -0.542. The molecule has 14 heavy (non-hydrogen) atoms. The molecule has 1 nitrogen and oxygen atoms in total. The Morgan fingerprint density at radius 3 is 2.43 bits per heavy atom. The van der Waals surface area contributed by atoms with Gasteiger partial charge in [0.15, 0.2) is 0 Å². The van der Waals surface area contributed by atoms with Crippen LogP contribution in [0.3, 0.4) is 0 Å². The lowest BCUT2D eigenvalue weighted by Gasteiger charge is -2.15. The maximum Gasteiger partial charge on any atom is 0.129 e. The molecule has 2 unspecified atom stereocenters. The molecule has 0 bridgehead atoms. The van der Waals surface area contributed by atoms with E-state index in [1.807, 2.05) is 13.8 Å². The topological polar surface area (TPSA) is 26.0 Å². The number of hydrogen-bond acceptors (Lipinski definition) is 1. The van der Waals surface area contributed by atoms with Gasteiger partial charge in [-0.2, -0.15) is 0 Å². The average Bonchev–Trinajstić information content (AvgIpc) is 2.09. The average molecular weight is 199 g/mol. The van der Waals surface area contributed by atoms with Crippen LogP contribution in [-0.4, -0.2) is 6.04 Å². The van der Waals surface area contributed by atoms with E-state index < -0.39 is 11.6 Å². The molecule has 3 heteroatoms. The van der Waals surface area contributed by atoms with Crippen molar-refractivity contribution in [2.24, 2.45) is 11.7 Å². The summed E-state index contributed by atoms with van der Waals surface area (Å²) in [5.74, 6) is -0.841. The van der Waals surface area contributed by atoms with Crippen molar-refractivity contribution in [3.63, 3.8) is 0 Å². The molecule has 0 aromatic heterocycles. The van der Waals surface area contributed by atoms with Crippen LogP contribution >= 0.6 is 0 Å². The largest absolute Gasteiger partial charge is 0.328 e. The molecule has 0 radical (unpaired) electrons. The first-order chi connectivity index (χ1) is 6.50. The van der Waals surface area contributed by atoms with Crippen LogP contribution in [0.2, 0.25) is 0 Å². The SMILES string of the molecule is CC(N)C(C)Cc1ccc(F)cc1F. The van der Waals surface area contributed by atoms with Crippen molar-refractivity contribution in [2.45, 2.75) is 26.3 Å². The molecule has 0 aliphatic heterocycles. The van der Waals surface area contributed by atoms with Crippen LogP contribution in [0.15, 0.2) is 18.2 Å². The van der Waals surface area contributed by atoms with Gasteiger partial charge in [0.2, 0.25) is 0 Å². The van der Waals surface area contributed by atoms with Crippen LogP contribution in [0.4, 0.5) is 8.78 Å². The molecule has 0 aliphatic carbocycles. The van der Waals surface area contributed by atoms with Crippen LogP contribution < -0.4 is 5.73 Å². The normalized spacial score (nSPS) is 15.2. The molecule has 0 amide bonds. The predicted molar refractivity (Wildman–Crippen MR) is 52.9 cm³/mol. The molecule has 78 valence electrons. The van der Waals surface area contributed by atoms with Crippen LogP contribution in [0, 0.1) is 17.6 Å². The summed E-state index contributed by atoms with van der Waals surface area (Å²) in [5.41, 5.74) is 6.19. The van der Waals surface area contributed by atoms with Crippen LogP contribution in [0.5, 0.6) is 0 Å². The second kappa shape index (κ2) is 4.51. The smallest absolute Gasteiger partial charge is 0.129 e. The van der Waals surface area contributed by atoms with Gasteiger partial charge < -0.3 is 5.73 Å². The van der Waals surface area contributed by atoms with Crippen molar-refractivity contribution in [3.05, 3.63) is 35.4 Å². The van der Waals surface area contributed by atoms with Gasteiger partial charge in [0, 0.05) is 12.1 Å². The molecule has 0 fully saturated rings. The first-order valence-electron chi connectivity index (χ1n) is 4.70. The Morgan fingerprint density at radius 2 is 1.93 bits per heavy atom. The first-order valence-corrected chi connectivity index (χ1v) is 4.70. The van der Waals surface area contributed by atoms with Crippen molar-refractivity contribution in [3.8, 4) is 0 Å². The molecule has 0 aliphatic rings. The second-order valence-electron chi connectivity index (χ2n) is 3.78. The minimum absolute atomic E-state index is 0.0134. The zero-order valence-corrected chi connectivity index (χ0v) is 8.43.